The van der Waals surface area contributed by atoms with Crippen LogP contribution in [0.2, 0.25) is 0 Å². The van der Waals surface area contributed by atoms with Crippen LogP contribution < -0.4 is 0 Å². The molecule has 0 unspecified atom stereocenters. The number of hydrogen-bond donors (Lipinski definition) is 0. The van der Waals surface area contributed by atoms with E-state index < -0.39 is 9.84 Å². The summed E-state index contributed by atoms with van der Waals surface area (Å²) in [6.45, 7) is 0.0522. The summed E-state index contributed by atoms with van der Waals surface area (Å²) in [5.41, 5.74) is 0.764. The number of carbonyl (C=O) groups excluding carboxylic acids is 2. The number of rotatable bonds is 5. The number of imide groups is 1. The number of sulfone groups is 1. The third-order valence-corrected chi connectivity index (χ3v) is 5.37. The maximum absolute atomic E-state index is 12.2. The van der Waals surface area contributed by atoms with E-state index in [-0.39, 0.29) is 29.0 Å². The van der Waals surface area contributed by atoms with Gasteiger partial charge in [0.15, 0.2) is 9.84 Å². The summed E-state index contributed by atoms with van der Waals surface area (Å²) in [5.74, 6) is -0.891. The largest absolute Gasteiger partial charge is 0.270 e. The van der Waals surface area contributed by atoms with Gasteiger partial charge in [0.25, 0.3) is 11.8 Å². The van der Waals surface area contributed by atoms with E-state index in [0.717, 1.165) is 4.90 Å². The number of carbonyl (C=O) groups is 2. The first-order valence-corrected chi connectivity index (χ1v) is 9.04. The highest BCUT2D eigenvalue weighted by molar-refractivity contribution is 7.91. The molecular weight excluding hydrogens is 326 g/mol. The molecule has 1 aliphatic heterocycles. The van der Waals surface area contributed by atoms with E-state index in [1.165, 1.54) is 24.3 Å². The molecule has 2 aromatic carbocycles. The molecule has 0 spiro atoms. The second-order valence-electron chi connectivity index (χ2n) is 5.33. The van der Waals surface area contributed by atoms with Crippen molar-refractivity contribution in [3.05, 3.63) is 77.9 Å². The molecule has 0 bridgehead atoms. The van der Waals surface area contributed by atoms with Gasteiger partial charge in [-0.25, -0.2) is 8.42 Å². The van der Waals surface area contributed by atoms with Crippen molar-refractivity contribution < 1.29 is 18.0 Å². The molecule has 2 aromatic rings. The first-order valence-electron chi connectivity index (χ1n) is 7.39. The van der Waals surface area contributed by atoms with Gasteiger partial charge < -0.3 is 0 Å². The van der Waals surface area contributed by atoms with Gasteiger partial charge in [0, 0.05) is 6.54 Å². The Morgan fingerprint density at radius 2 is 1.33 bits per heavy atom. The van der Waals surface area contributed by atoms with Gasteiger partial charge in [-0.05, 0) is 24.3 Å². The maximum atomic E-state index is 12.2. The lowest BCUT2D eigenvalue weighted by atomic mass is 10.1. The number of benzene rings is 2. The Morgan fingerprint density at radius 3 is 1.92 bits per heavy atom. The normalized spacial score (nSPS) is 14.4. The lowest BCUT2D eigenvalue weighted by Crippen LogP contribution is -2.29. The molecule has 0 N–H and O–H groups in total. The molecule has 1 heterocycles. The fourth-order valence-electron chi connectivity index (χ4n) is 2.50. The minimum atomic E-state index is -3.41. The third kappa shape index (κ3) is 3.00. The van der Waals surface area contributed by atoms with E-state index >= 15 is 0 Å². The molecule has 0 aromatic heterocycles. The molecule has 5 nitrogen and oxygen atoms in total. The molecule has 0 fully saturated rings. The summed E-state index contributed by atoms with van der Waals surface area (Å²) in [6, 6.07) is 14.8. The number of amides is 2. The van der Waals surface area contributed by atoms with Crippen molar-refractivity contribution in [2.75, 3.05) is 12.3 Å². The third-order valence-electron chi connectivity index (χ3n) is 3.75. The fraction of sp³-hybridized carbons (Fsp3) is 0.111. The van der Waals surface area contributed by atoms with Crippen molar-refractivity contribution in [1.82, 2.24) is 4.90 Å². The number of hydrogen-bond acceptors (Lipinski definition) is 4. The van der Waals surface area contributed by atoms with Crippen molar-refractivity contribution in [1.29, 1.82) is 0 Å². The molecule has 1 aliphatic rings. The van der Waals surface area contributed by atoms with Crippen LogP contribution in [0.4, 0.5) is 0 Å². The standard InChI is InChI=1S/C18H15NO4S/c20-17-15-10-4-5-11-16(15)18(21)19(17)12-6-7-13-24(22,23)14-8-2-1-3-9-14/h1-11H,12-13H2/b7-6-. The molecule has 0 aliphatic carbocycles. The zero-order valence-electron chi connectivity index (χ0n) is 12.8. The molecule has 0 saturated carbocycles. The average Bonchev–Trinajstić information content (AvgIpc) is 2.84. The summed E-state index contributed by atoms with van der Waals surface area (Å²) in [7, 11) is -3.41. The number of fused-ring (bicyclic) bond motifs is 1. The van der Waals surface area contributed by atoms with Crippen molar-refractivity contribution in [2.45, 2.75) is 4.90 Å². The van der Waals surface area contributed by atoms with Gasteiger partial charge in [-0.15, -0.1) is 0 Å². The molecule has 0 saturated heterocycles. The van der Waals surface area contributed by atoms with Gasteiger partial charge in [0.05, 0.1) is 21.8 Å². The Balaban J connectivity index is 1.66. The van der Waals surface area contributed by atoms with Crippen LogP contribution in [0.5, 0.6) is 0 Å². The molecule has 0 atom stereocenters. The lowest BCUT2D eigenvalue weighted by Gasteiger charge is -2.10. The topological polar surface area (TPSA) is 71.5 Å². The number of nitrogens with zero attached hydrogens (tertiary/aromatic N) is 1. The minimum Gasteiger partial charge on any atom is -0.270 e. The van der Waals surface area contributed by atoms with Gasteiger partial charge in [-0.1, -0.05) is 42.5 Å². The summed E-state index contributed by atoms with van der Waals surface area (Å²) >= 11 is 0. The average molecular weight is 341 g/mol. The molecule has 6 heteroatoms. The molecule has 122 valence electrons. The van der Waals surface area contributed by atoms with Gasteiger partial charge >= 0.3 is 0 Å². The van der Waals surface area contributed by atoms with Gasteiger partial charge in [0.2, 0.25) is 0 Å². The summed E-state index contributed by atoms with van der Waals surface area (Å²) in [4.78, 5) is 25.7. The van der Waals surface area contributed by atoms with E-state index in [2.05, 4.69) is 0 Å². The first-order chi connectivity index (χ1) is 11.5. The highest BCUT2D eigenvalue weighted by Gasteiger charge is 2.34. The Kier molecular flexibility index (Phi) is 4.31. The van der Waals surface area contributed by atoms with E-state index in [4.69, 9.17) is 0 Å². The first kappa shape index (κ1) is 16.1. The zero-order chi connectivity index (χ0) is 17.2. The van der Waals surface area contributed by atoms with Crippen LogP contribution in [0, 0.1) is 0 Å². The highest BCUT2D eigenvalue weighted by atomic mass is 32.2. The highest BCUT2D eigenvalue weighted by Crippen LogP contribution is 2.22. The fourth-order valence-corrected chi connectivity index (χ4v) is 3.66. The monoisotopic (exact) mass is 341 g/mol. The van der Waals surface area contributed by atoms with Crippen LogP contribution in [-0.2, 0) is 9.84 Å². The van der Waals surface area contributed by atoms with Crippen LogP contribution in [0.15, 0.2) is 71.6 Å². The van der Waals surface area contributed by atoms with Gasteiger partial charge in [-0.2, -0.15) is 0 Å². The molecular formula is C18H15NO4S. The minimum absolute atomic E-state index is 0.0522. The SMILES string of the molecule is O=C1c2ccccc2C(=O)N1C/C=C\CS(=O)(=O)c1ccccc1. The molecule has 24 heavy (non-hydrogen) atoms. The van der Waals surface area contributed by atoms with E-state index in [1.807, 2.05) is 0 Å². The second-order valence-corrected chi connectivity index (χ2v) is 7.37. The summed E-state index contributed by atoms with van der Waals surface area (Å²) < 4.78 is 24.3. The molecule has 3 rings (SSSR count). The van der Waals surface area contributed by atoms with E-state index in [1.54, 1.807) is 42.5 Å². The Labute approximate surface area is 140 Å². The lowest BCUT2D eigenvalue weighted by molar-refractivity contribution is 0.0672. The van der Waals surface area contributed by atoms with Crippen LogP contribution >= 0.6 is 0 Å². The van der Waals surface area contributed by atoms with Crippen molar-refractivity contribution in [3.63, 3.8) is 0 Å². The van der Waals surface area contributed by atoms with Crippen molar-refractivity contribution in [2.24, 2.45) is 0 Å². The Morgan fingerprint density at radius 1 is 0.792 bits per heavy atom. The van der Waals surface area contributed by atoms with Crippen LogP contribution in [-0.4, -0.2) is 37.4 Å². The van der Waals surface area contributed by atoms with E-state index in [9.17, 15) is 18.0 Å². The van der Waals surface area contributed by atoms with Crippen molar-refractivity contribution >= 4 is 21.7 Å². The molecule has 0 radical (unpaired) electrons. The summed E-state index contributed by atoms with van der Waals surface area (Å²) in [6.07, 6.45) is 2.99. The second kappa shape index (κ2) is 6.41. The van der Waals surface area contributed by atoms with Crippen LogP contribution in [0.25, 0.3) is 0 Å². The zero-order valence-corrected chi connectivity index (χ0v) is 13.6. The maximum Gasteiger partial charge on any atom is 0.261 e. The van der Waals surface area contributed by atoms with Crippen LogP contribution in [0.1, 0.15) is 20.7 Å². The summed E-state index contributed by atoms with van der Waals surface area (Å²) in [5, 5.41) is 0. The Bertz CT molecular complexity index is 882. The predicted molar refractivity (Wildman–Crippen MR) is 89.4 cm³/mol. The van der Waals surface area contributed by atoms with Gasteiger partial charge in [0.1, 0.15) is 0 Å². The Hall–Kier alpha value is -2.73. The van der Waals surface area contributed by atoms with Crippen LogP contribution in [0.3, 0.4) is 0 Å². The van der Waals surface area contributed by atoms with Gasteiger partial charge in [-0.3, -0.25) is 14.5 Å². The quantitative estimate of drug-likeness (QED) is 0.618. The van der Waals surface area contributed by atoms with Crippen molar-refractivity contribution in [3.8, 4) is 0 Å². The predicted octanol–water partition coefficient (Wildman–Crippen LogP) is 2.31. The smallest absolute Gasteiger partial charge is 0.261 e. The molecule has 2 amide bonds. The van der Waals surface area contributed by atoms with E-state index in [0.29, 0.717) is 11.1 Å².